The predicted molar refractivity (Wildman–Crippen MR) is 80.8 cm³/mol. The summed E-state index contributed by atoms with van der Waals surface area (Å²) in [5, 5.41) is 31.2. The van der Waals surface area contributed by atoms with E-state index in [9.17, 15) is 10.4 Å². The Balaban J connectivity index is 2.09. The van der Waals surface area contributed by atoms with Crippen LogP contribution in [0, 0.1) is 25.2 Å². The van der Waals surface area contributed by atoms with Crippen LogP contribution in [0.5, 0.6) is 0 Å². The van der Waals surface area contributed by atoms with Gasteiger partial charge in [-0.25, -0.2) is 0 Å². The smallest absolute Gasteiger partial charge is 0.167 e. The van der Waals surface area contributed by atoms with Gasteiger partial charge in [0.15, 0.2) is 5.82 Å². The second-order valence-electron chi connectivity index (χ2n) is 5.19. The average Bonchev–Trinajstić information content (AvgIpc) is 2.44. The van der Waals surface area contributed by atoms with E-state index in [0.29, 0.717) is 17.9 Å². The van der Waals surface area contributed by atoms with Gasteiger partial charge in [-0.1, -0.05) is 6.92 Å². The maximum atomic E-state index is 10.5. The molecule has 0 saturated heterocycles. The molecule has 2 atom stereocenters. The number of nitriles is 1. The summed E-state index contributed by atoms with van der Waals surface area (Å²) in [5.41, 5.74) is 1.41. The fourth-order valence-corrected chi connectivity index (χ4v) is 3.54. The molecule has 0 amide bonds. The van der Waals surface area contributed by atoms with Crippen molar-refractivity contribution in [1.29, 1.82) is 5.26 Å². The quantitative estimate of drug-likeness (QED) is 0.864. The number of thioether (sulfide) groups is 1. The molecule has 1 fully saturated rings. The van der Waals surface area contributed by atoms with Crippen LogP contribution < -0.4 is 5.32 Å². The predicted octanol–water partition coefficient (Wildman–Crippen LogP) is 2.02. The van der Waals surface area contributed by atoms with E-state index >= 15 is 0 Å². The number of rotatable bonds is 5. The molecule has 0 spiro atoms. The van der Waals surface area contributed by atoms with E-state index in [1.807, 2.05) is 13.8 Å². The van der Waals surface area contributed by atoms with Gasteiger partial charge in [-0.05, 0) is 38.0 Å². The summed E-state index contributed by atoms with van der Waals surface area (Å²) in [6, 6.07) is 2.16. The fourth-order valence-electron chi connectivity index (χ4n) is 2.34. The number of hydrogen-bond acceptors (Lipinski definition) is 6. The highest BCUT2D eigenvalue weighted by Crippen LogP contribution is 2.41. The monoisotopic (exact) mass is 292 g/mol. The van der Waals surface area contributed by atoms with Gasteiger partial charge in [-0.3, -0.25) is 0 Å². The maximum absolute atomic E-state index is 10.5. The lowest BCUT2D eigenvalue weighted by molar-refractivity contribution is -0.0120. The van der Waals surface area contributed by atoms with Crippen LogP contribution in [0.2, 0.25) is 0 Å². The summed E-state index contributed by atoms with van der Waals surface area (Å²) in [7, 11) is 0. The molecular weight excluding hydrogens is 272 g/mol. The van der Waals surface area contributed by atoms with Crippen LogP contribution in [0.4, 0.5) is 5.82 Å². The Kier molecular flexibility index (Phi) is 4.51. The number of hydrogen-bond donors (Lipinski definition) is 2. The highest BCUT2D eigenvalue weighted by atomic mass is 32.2. The molecule has 1 aromatic rings. The maximum Gasteiger partial charge on any atom is 0.167 e. The molecule has 0 aliphatic heterocycles. The van der Waals surface area contributed by atoms with Crippen molar-refractivity contribution in [3.8, 4) is 6.07 Å². The molecule has 2 unspecified atom stereocenters. The van der Waals surface area contributed by atoms with E-state index < -0.39 is 5.60 Å². The average molecular weight is 292 g/mol. The normalized spacial score (nSPS) is 24.9. The van der Waals surface area contributed by atoms with Crippen LogP contribution in [-0.4, -0.2) is 38.5 Å². The van der Waals surface area contributed by atoms with Crippen molar-refractivity contribution in [3.63, 3.8) is 0 Å². The molecule has 20 heavy (non-hydrogen) atoms. The van der Waals surface area contributed by atoms with Crippen molar-refractivity contribution < 1.29 is 5.11 Å². The minimum absolute atomic E-state index is 0.269. The van der Waals surface area contributed by atoms with Crippen LogP contribution in [0.15, 0.2) is 0 Å². The van der Waals surface area contributed by atoms with Gasteiger partial charge in [0.2, 0.25) is 0 Å². The van der Waals surface area contributed by atoms with Gasteiger partial charge in [0.1, 0.15) is 11.6 Å². The summed E-state index contributed by atoms with van der Waals surface area (Å²) in [4.78, 5) is 0. The molecule has 108 valence electrons. The Bertz CT molecular complexity index is 543. The lowest BCUT2D eigenvalue weighted by Crippen LogP contribution is -2.54. The Hall–Kier alpha value is -1.32. The lowest BCUT2D eigenvalue weighted by Gasteiger charge is -2.45. The van der Waals surface area contributed by atoms with E-state index in [2.05, 4.69) is 28.5 Å². The minimum Gasteiger partial charge on any atom is -0.387 e. The van der Waals surface area contributed by atoms with Gasteiger partial charge in [0.05, 0.1) is 11.3 Å². The second-order valence-corrected chi connectivity index (χ2v) is 6.67. The molecular formula is C14H20N4OS. The summed E-state index contributed by atoms with van der Waals surface area (Å²) in [5.74, 6) is 1.47. The van der Waals surface area contributed by atoms with Crippen molar-refractivity contribution in [3.05, 3.63) is 16.8 Å². The summed E-state index contributed by atoms with van der Waals surface area (Å²) >= 11 is 1.78. The molecule has 2 rings (SSSR count). The van der Waals surface area contributed by atoms with Crippen molar-refractivity contribution in [2.75, 3.05) is 17.6 Å². The zero-order valence-corrected chi connectivity index (χ0v) is 12.9. The van der Waals surface area contributed by atoms with Gasteiger partial charge in [-0.2, -0.15) is 22.1 Å². The van der Waals surface area contributed by atoms with Crippen LogP contribution in [0.3, 0.4) is 0 Å². The van der Waals surface area contributed by atoms with E-state index in [1.165, 1.54) is 0 Å². The number of anilines is 1. The topological polar surface area (TPSA) is 81.8 Å². The lowest BCUT2D eigenvalue weighted by atomic mass is 9.79. The second kappa shape index (κ2) is 5.98. The molecule has 5 nitrogen and oxygen atoms in total. The first-order valence-electron chi connectivity index (χ1n) is 6.83. The highest BCUT2D eigenvalue weighted by molar-refractivity contribution is 8.00. The first-order valence-corrected chi connectivity index (χ1v) is 7.88. The molecule has 1 aliphatic rings. The largest absolute Gasteiger partial charge is 0.387 e. The number of nitrogens with zero attached hydrogens (tertiary/aromatic N) is 3. The first kappa shape index (κ1) is 15.1. The molecule has 1 aliphatic carbocycles. The van der Waals surface area contributed by atoms with Crippen LogP contribution in [-0.2, 0) is 0 Å². The van der Waals surface area contributed by atoms with E-state index in [1.54, 1.807) is 11.8 Å². The standard InChI is InChI=1S/C14H20N4OS/c1-4-20-12-5-6-14(12,19)8-16-13-11(7-15)9(2)10(3)17-18-13/h12,19H,4-6,8H2,1-3H3,(H,16,18). The number of aromatic nitrogens is 2. The molecule has 6 heteroatoms. The first-order chi connectivity index (χ1) is 9.51. The number of aryl methyl sites for hydroxylation is 1. The Morgan fingerprint density at radius 2 is 2.25 bits per heavy atom. The third-order valence-electron chi connectivity index (χ3n) is 3.93. The van der Waals surface area contributed by atoms with Gasteiger partial charge >= 0.3 is 0 Å². The zero-order valence-electron chi connectivity index (χ0n) is 12.1. The molecule has 1 heterocycles. The van der Waals surface area contributed by atoms with Gasteiger partial charge in [0.25, 0.3) is 0 Å². The number of nitrogens with one attached hydrogen (secondary N) is 1. The zero-order chi connectivity index (χ0) is 14.8. The summed E-state index contributed by atoms with van der Waals surface area (Å²) < 4.78 is 0. The Morgan fingerprint density at radius 3 is 2.80 bits per heavy atom. The van der Waals surface area contributed by atoms with Crippen LogP contribution >= 0.6 is 11.8 Å². The van der Waals surface area contributed by atoms with Crippen LogP contribution in [0.1, 0.15) is 36.6 Å². The molecule has 0 bridgehead atoms. The highest BCUT2D eigenvalue weighted by Gasteiger charge is 2.45. The van der Waals surface area contributed by atoms with Crippen molar-refractivity contribution >= 4 is 17.6 Å². The van der Waals surface area contributed by atoms with Crippen molar-refractivity contribution in [2.45, 2.75) is 44.5 Å². The van der Waals surface area contributed by atoms with Crippen molar-refractivity contribution in [1.82, 2.24) is 10.2 Å². The Labute approximate surface area is 123 Å². The third kappa shape index (κ3) is 2.74. The molecule has 0 radical (unpaired) electrons. The SMILES string of the molecule is CCSC1CCC1(O)CNc1nnc(C)c(C)c1C#N. The van der Waals surface area contributed by atoms with E-state index in [4.69, 9.17) is 0 Å². The molecule has 1 aromatic heterocycles. The van der Waals surface area contributed by atoms with Crippen molar-refractivity contribution in [2.24, 2.45) is 0 Å². The van der Waals surface area contributed by atoms with E-state index in [-0.39, 0.29) is 5.25 Å². The molecule has 0 aromatic carbocycles. The molecule has 1 saturated carbocycles. The van der Waals surface area contributed by atoms with Crippen LogP contribution in [0.25, 0.3) is 0 Å². The summed E-state index contributed by atoms with van der Waals surface area (Å²) in [6.07, 6.45) is 1.83. The van der Waals surface area contributed by atoms with Gasteiger partial charge < -0.3 is 10.4 Å². The Morgan fingerprint density at radius 1 is 1.50 bits per heavy atom. The minimum atomic E-state index is -0.701. The fraction of sp³-hybridized carbons (Fsp3) is 0.643. The van der Waals surface area contributed by atoms with Gasteiger partial charge in [0, 0.05) is 11.8 Å². The summed E-state index contributed by atoms with van der Waals surface area (Å²) in [6.45, 7) is 6.21. The molecule has 2 N–H and O–H groups in total. The third-order valence-corrected chi connectivity index (χ3v) is 5.35. The van der Waals surface area contributed by atoms with Gasteiger partial charge in [-0.15, -0.1) is 5.10 Å². The number of aliphatic hydroxyl groups is 1. The van der Waals surface area contributed by atoms with E-state index in [0.717, 1.165) is 29.9 Å².